The lowest BCUT2D eigenvalue weighted by atomic mass is 10.2. The fourth-order valence-corrected chi connectivity index (χ4v) is 2.28. The molecule has 0 saturated carbocycles. The summed E-state index contributed by atoms with van der Waals surface area (Å²) in [7, 11) is 0. The number of aryl methyl sites for hydroxylation is 1. The van der Waals surface area contributed by atoms with Crippen LogP contribution in [0, 0.1) is 17.0 Å². The number of ether oxygens (including phenoxy) is 1. The Labute approximate surface area is 144 Å². The molecule has 0 radical (unpaired) electrons. The Kier molecular flexibility index (Phi) is 4.33. The highest BCUT2D eigenvalue weighted by Gasteiger charge is 2.31. The van der Waals surface area contributed by atoms with E-state index in [0.717, 1.165) is 0 Å². The van der Waals surface area contributed by atoms with Crippen LogP contribution < -0.4 is 4.74 Å². The summed E-state index contributed by atoms with van der Waals surface area (Å²) in [5, 5.41) is 15.0. The van der Waals surface area contributed by atoms with Crippen molar-refractivity contribution in [3.8, 4) is 22.8 Å². The van der Waals surface area contributed by atoms with Crippen LogP contribution in [-0.2, 0) is 0 Å². The standard InChI is InChI=1S/C16H11F3N4O3/c1-10-20-15(11-2-4-13(5-3-11)23(24)25)21-22(10)12-6-8-14(9-7-12)26-16(17,18)19/h2-9H,1H3. The molecular weight excluding hydrogens is 353 g/mol. The quantitative estimate of drug-likeness (QED) is 0.515. The monoisotopic (exact) mass is 364 g/mol. The van der Waals surface area contributed by atoms with Crippen LogP contribution in [0.15, 0.2) is 48.5 Å². The Hall–Kier alpha value is -3.43. The lowest BCUT2D eigenvalue weighted by Gasteiger charge is -2.09. The van der Waals surface area contributed by atoms with Crippen molar-refractivity contribution in [3.05, 3.63) is 64.5 Å². The molecule has 1 aromatic heterocycles. The minimum absolute atomic E-state index is 0.0508. The first-order valence-electron chi connectivity index (χ1n) is 7.27. The maximum atomic E-state index is 12.2. The van der Waals surface area contributed by atoms with Crippen LogP contribution in [-0.4, -0.2) is 26.1 Å². The molecule has 0 spiro atoms. The second-order valence-electron chi connectivity index (χ2n) is 5.24. The molecule has 0 unspecified atom stereocenters. The van der Waals surface area contributed by atoms with Gasteiger partial charge < -0.3 is 4.74 Å². The molecule has 10 heteroatoms. The molecule has 26 heavy (non-hydrogen) atoms. The highest BCUT2D eigenvalue weighted by Crippen LogP contribution is 2.25. The predicted octanol–water partition coefficient (Wildman–Crippen LogP) is 4.05. The van der Waals surface area contributed by atoms with E-state index in [-0.39, 0.29) is 11.4 Å². The van der Waals surface area contributed by atoms with Crippen molar-refractivity contribution >= 4 is 5.69 Å². The van der Waals surface area contributed by atoms with Gasteiger partial charge in [0.1, 0.15) is 11.6 Å². The van der Waals surface area contributed by atoms with E-state index < -0.39 is 11.3 Å². The number of non-ortho nitro benzene ring substituents is 1. The second-order valence-corrected chi connectivity index (χ2v) is 5.24. The van der Waals surface area contributed by atoms with Gasteiger partial charge in [-0.15, -0.1) is 18.3 Å². The zero-order valence-electron chi connectivity index (χ0n) is 13.3. The third-order valence-electron chi connectivity index (χ3n) is 3.42. The van der Waals surface area contributed by atoms with E-state index in [1.165, 1.54) is 53.2 Å². The Morgan fingerprint density at radius 3 is 2.23 bits per heavy atom. The maximum Gasteiger partial charge on any atom is 0.573 e. The number of alkyl halides is 3. The van der Waals surface area contributed by atoms with Crippen LogP contribution >= 0.6 is 0 Å². The molecule has 3 rings (SSSR count). The number of nitro benzene ring substituents is 1. The van der Waals surface area contributed by atoms with Gasteiger partial charge in [-0.3, -0.25) is 10.1 Å². The smallest absolute Gasteiger partial charge is 0.406 e. The molecule has 0 bridgehead atoms. The van der Waals surface area contributed by atoms with Gasteiger partial charge in [0.2, 0.25) is 0 Å². The van der Waals surface area contributed by atoms with Crippen LogP contribution in [0.4, 0.5) is 18.9 Å². The van der Waals surface area contributed by atoms with Crippen molar-refractivity contribution in [2.45, 2.75) is 13.3 Å². The van der Waals surface area contributed by atoms with E-state index >= 15 is 0 Å². The number of aromatic nitrogens is 3. The molecule has 134 valence electrons. The van der Waals surface area contributed by atoms with Crippen LogP contribution in [0.25, 0.3) is 17.1 Å². The number of benzene rings is 2. The second kappa shape index (κ2) is 6.47. The number of rotatable bonds is 4. The van der Waals surface area contributed by atoms with Crippen molar-refractivity contribution in [1.29, 1.82) is 0 Å². The van der Waals surface area contributed by atoms with E-state index in [4.69, 9.17) is 0 Å². The predicted molar refractivity (Wildman–Crippen MR) is 84.9 cm³/mol. The number of hydrogen-bond donors (Lipinski definition) is 0. The van der Waals surface area contributed by atoms with Crippen molar-refractivity contribution in [1.82, 2.24) is 14.8 Å². The summed E-state index contributed by atoms with van der Waals surface area (Å²) in [4.78, 5) is 14.5. The molecular formula is C16H11F3N4O3. The number of hydrogen-bond acceptors (Lipinski definition) is 5. The third-order valence-corrected chi connectivity index (χ3v) is 3.42. The highest BCUT2D eigenvalue weighted by molar-refractivity contribution is 5.57. The topological polar surface area (TPSA) is 83.1 Å². The first-order chi connectivity index (χ1) is 12.2. The molecule has 0 aliphatic heterocycles. The Morgan fingerprint density at radius 2 is 1.69 bits per heavy atom. The Balaban J connectivity index is 1.87. The molecule has 0 atom stereocenters. The van der Waals surface area contributed by atoms with Gasteiger partial charge in [-0.2, -0.15) is 0 Å². The molecule has 0 fully saturated rings. The summed E-state index contributed by atoms with van der Waals surface area (Å²) in [5.41, 5.74) is 1.03. The number of halogens is 3. The lowest BCUT2D eigenvalue weighted by Crippen LogP contribution is -2.17. The summed E-state index contributed by atoms with van der Waals surface area (Å²) < 4.78 is 41.9. The van der Waals surface area contributed by atoms with E-state index in [0.29, 0.717) is 22.9 Å². The molecule has 1 heterocycles. The van der Waals surface area contributed by atoms with Crippen molar-refractivity contribution < 1.29 is 22.8 Å². The Morgan fingerprint density at radius 1 is 1.08 bits per heavy atom. The highest BCUT2D eigenvalue weighted by atomic mass is 19.4. The van der Waals surface area contributed by atoms with E-state index in [2.05, 4.69) is 14.8 Å². The van der Waals surface area contributed by atoms with E-state index in [9.17, 15) is 23.3 Å². The fraction of sp³-hybridized carbons (Fsp3) is 0.125. The molecule has 0 aliphatic rings. The zero-order chi connectivity index (χ0) is 18.9. The third kappa shape index (κ3) is 3.79. The van der Waals surface area contributed by atoms with E-state index in [1.807, 2.05) is 0 Å². The van der Waals surface area contributed by atoms with Crippen LogP contribution in [0.2, 0.25) is 0 Å². The lowest BCUT2D eigenvalue weighted by molar-refractivity contribution is -0.384. The average molecular weight is 364 g/mol. The molecule has 0 N–H and O–H groups in total. The van der Waals surface area contributed by atoms with Crippen molar-refractivity contribution in [2.24, 2.45) is 0 Å². The van der Waals surface area contributed by atoms with Crippen molar-refractivity contribution in [2.75, 3.05) is 0 Å². The summed E-state index contributed by atoms with van der Waals surface area (Å²) in [6.07, 6.45) is -4.76. The van der Waals surface area contributed by atoms with Gasteiger partial charge in [-0.05, 0) is 43.3 Å². The average Bonchev–Trinajstić information content (AvgIpc) is 2.96. The van der Waals surface area contributed by atoms with Gasteiger partial charge in [0, 0.05) is 17.7 Å². The normalized spacial score (nSPS) is 11.4. The first kappa shape index (κ1) is 17.4. The number of nitro groups is 1. The van der Waals surface area contributed by atoms with Gasteiger partial charge in [-0.1, -0.05) is 0 Å². The molecule has 7 nitrogen and oxygen atoms in total. The van der Waals surface area contributed by atoms with Crippen molar-refractivity contribution in [3.63, 3.8) is 0 Å². The molecule has 2 aromatic carbocycles. The van der Waals surface area contributed by atoms with Gasteiger partial charge in [0.15, 0.2) is 5.82 Å². The van der Waals surface area contributed by atoms with Gasteiger partial charge >= 0.3 is 6.36 Å². The fourth-order valence-electron chi connectivity index (χ4n) is 2.28. The van der Waals surface area contributed by atoms with Crippen LogP contribution in [0.3, 0.4) is 0 Å². The van der Waals surface area contributed by atoms with Gasteiger partial charge in [0.25, 0.3) is 5.69 Å². The van der Waals surface area contributed by atoms with Gasteiger partial charge in [0.05, 0.1) is 10.6 Å². The first-order valence-corrected chi connectivity index (χ1v) is 7.27. The molecule has 0 aliphatic carbocycles. The summed E-state index contributed by atoms with van der Waals surface area (Å²) in [6.45, 7) is 1.68. The molecule has 3 aromatic rings. The SMILES string of the molecule is Cc1nc(-c2ccc([N+](=O)[O-])cc2)nn1-c1ccc(OC(F)(F)F)cc1. The molecule has 0 saturated heterocycles. The van der Waals surface area contributed by atoms with Gasteiger partial charge in [-0.25, -0.2) is 9.67 Å². The Bertz CT molecular complexity index is 935. The maximum absolute atomic E-state index is 12.2. The largest absolute Gasteiger partial charge is 0.573 e. The number of nitrogens with zero attached hydrogens (tertiary/aromatic N) is 4. The van der Waals surface area contributed by atoms with Crippen LogP contribution in [0.5, 0.6) is 5.75 Å². The summed E-state index contributed by atoms with van der Waals surface area (Å²) >= 11 is 0. The minimum atomic E-state index is -4.76. The minimum Gasteiger partial charge on any atom is -0.406 e. The summed E-state index contributed by atoms with van der Waals surface area (Å²) in [6, 6.07) is 10.9. The van der Waals surface area contributed by atoms with E-state index in [1.54, 1.807) is 6.92 Å². The zero-order valence-corrected chi connectivity index (χ0v) is 13.3. The van der Waals surface area contributed by atoms with Crippen LogP contribution in [0.1, 0.15) is 5.82 Å². The summed E-state index contributed by atoms with van der Waals surface area (Å²) in [5.74, 6) is 0.505. The molecule has 0 amide bonds.